The van der Waals surface area contributed by atoms with E-state index in [0.29, 0.717) is 16.8 Å². The molecule has 0 heterocycles. The maximum absolute atomic E-state index is 12.3. The maximum Gasteiger partial charge on any atom is 0.255 e. The maximum atomic E-state index is 12.3. The van der Waals surface area contributed by atoms with Crippen molar-refractivity contribution in [2.75, 3.05) is 10.0 Å². The van der Waals surface area contributed by atoms with Gasteiger partial charge in [-0.1, -0.05) is 18.2 Å². The van der Waals surface area contributed by atoms with Crippen molar-refractivity contribution in [3.63, 3.8) is 0 Å². The third kappa shape index (κ3) is 4.63. The molecule has 0 atom stereocenters. The highest BCUT2D eigenvalue weighted by molar-refractivity contribution is 8.00. The van der Waals surface area contributed by atoms with Gasteiger partial charge in [0.1, 0.15) is 0 Å². The van der Waals surface area contributed by atoms with Crippen LogP contribution in [-0.2, 0) is 0 Å². The molecule has 3 rings (SSSR count). The number of hydrogen-bond acceptors (Lipinski definition) is 4. The van der Waals surface area contributed by atoms with E-state index in [4.69, 9.17) is 5.26 Å². The Morgan fingerprint density at radius 3 is 2.12 bits per heavy atom. The quantitative estimate of drug-likeness (QED) is 0.644. The van der Waals surface area contributed by atoms with Gasteiger partial charge in [-0.25, -0.2) is 0 Å². The summed E-state index contributed by atoms with van der Waals surface area (Å²) in [6.45, 7) is 0. The summed E-state index contributed by atoms with van der Waals surface area (Å²) in [4.78, 5) is 13.4. The number of carbonyl (C=O) groups is 1. The van der Waals surface area contributed by atoms with E-state index in [2.05, 4.69) is 10.0 Å². The Hall–Kier alpha value is -3.23. The second-order valence-corrected chi connectivity index (χ2v) is 6.12. The summed E-state index contributed by atoms with van der Waals surface area (Å²) in [5.41, 5.74) is 2.71. The second kappa shape index (κ2) is 8.04. The number of hydrogen-bond donors (Lipinski definition) is 2. The van der Waals surface area contributed by atoms with Crippen molar-refractivity contribution in [2.45, 2.75) is 4.90 Å². The van der Waals surface area contributed by atoms with Gasteiger partial charge in [0.2, 0.25) is 0 Å². The van der Waals surface area contributed by atoms with Crippen molar-refractivity contribution in [2.24, 2.45) is 0 Å². The van der Waals surface area contributed by atoms with Gasteiger partial charge in [0.15, 0.2) is 0 Å². The van der Waals surface area contributed by atoms with Crippen LogP contribution in [0, 0.1) is 11.3 Å². The van der Waals surface area contributed by atoms with Crippen molar-refractivity contribution in [1.82, 2.24) is 0 Å². The molecular weight excluding hydrogens is 330 g/mol. The smallest absolute Gasteiger partial charge is 0.255 e. The molecule has 0 aliphatic carbocycles. The standard InChI is InChI=1S/C20H15N3OS/c21-14-15-6-10-17(11-7-15)22-20(24)16-8-12-18(13-9-16)23-25-19-4-2-1-3-5-19/h1-13,23H,(H,22,24). The van der Waals surface area contributed by atoms with E-state index in [1.807, 2.05) is 48.5 Å². The molecule has 0 saturated carbocycles. The van der Waals surface area contributed by atoms with Crippen LogP contribution in [0.3, 0.4) is 0 Å². The van der Waals surface area contributed by atoms with Gasteiger partial charge >= 0.3 is 0 Å². The van der Waals surface area contributed by atoms with Gasteiger partial charge in [-0.05, 0) is 72.6 Å². The molecule has 0 unspecified atom stereocenters. The molecule has 0 radical (unpaired) electrons. The van der Waals surface area contributed by atoms with Crippen LogP contribution in [0.25, 0.3) is 0 Å². The highest BCUT2D eigenvalue weighted by Crippen LogP contribution is 2.21. The molecule has 3 aromatic rings. The summed E-state index contributed by atoms with van der Waals surface area (Å²) in [7, 11) is 0. The largest absolute Gasteiger partial charge is 0.326 e. The summed E-state index contributed by atoms with van der Waals surface area (Å²) in [6, 6.07) is 26.1. The summed E-state index contributed by atoms with van der Waals surface area (Å²) < 4.78 is 3.24. The first kappa shape index (κ1) is 16.6. The van der Waals surface area contributed by atoms with Crippen LogP contribution < -0.4 is 10.0 Å². The van der Waals surface area contributed by atoms with Crippen molar-refractivity contribution < 1.29 is 4.79 Å². The minimum atomic E-state index is -0.188. The Morgan fingerprint density at radius 1 is 0.840 bits per heavy atom. The normalized spacial score (nSPS) is 9.88. The average molecular weight is 345 g/mol. The number of rotatable bonds is 5. The van der Waals surface area contributed by atoms with Crippen LogP contribution in [0.15, 0.2) is 83.8 Å². The fourth-order valence-electron chi connectivity index (χ4n) is 2.13. The van der Waals surface area contributed by atoms with Crippen molar-refractivity contribution >= 4 is 29.2 Å². The molecule has 4 nitrogen and oxygen atoms in total. The van der Waals surface area contributed by atoms with E-state index in [-0.39, 0.29) is 5.91 Å². The highest BCUT2D eigenvalue weighted by atomic mass is 32.2. The lowest BCUT2D eigenvalue weighted by atomic mass is 10.2. The molecule has 25 heavy (non-hydrogen) atoms. The number of carbonyl (C=O) groups excluding carboxylic acids is 1. The first-order valence-corrected chi connectivity index (χ1v) is 8.46. The van der Waals surface area contributed by atoms with Crippen molar-refractivity contribution in [3.8, 4) is 6.07 Å². The minimum Gasteiger partial charge on any atom is -0.326 e. The Labute approximate surface area is 150 Å². The third-order valence-corrected chi connectivity index (χ3v) is 4.29. The zero-order valence-corrected chi connectivity index (χ0v) is 14.1. The molecule has 0 bridgehead atoms. The number of amides is 1. The topological polar surface area (TPSA) is 64.9 Å². The fourth-order valence-corrected chi connectivity index (χ4v) is 2.79. The van der Waals surface area contributed by atoms with E-state index < -0.39 is 0 Å². The second-order valence-electron chi connectivity index (χ2n) is 5.24. The van der Waals surface area contributed by atoms with Crippen LogP contribution in [0.4, 0.5) is 11.4 Å². The van der Waals surface area contributed by atoms with Crippen LogP contribution in [0.5, 0.6) is 0 Å². The molecule has 3 aromatic carbocycles. The Balaban J connectivity index is 1.59. The zero-order valence-electron chi connectivity index (χ0n) is 13.3. The number of nitrogens with one attached hydrogen (secondary N) is 2. The van der Waals surface area contributed by atoms with Crippen molar-refractivity contribution in [1.29, 1.82) is 5.26 Å². The lowest BCUT2D eigenvalue weighted by molar-refractivity contribution is 0.102. The fraction of sp³-hybridized carbons (Fsp3) is 0. The van der Waals surface area contributed by atoms with E-state index in [0.717, 1.165) is 10.6 Å². The molecule has 122 valence electrons. The van der Waals surface area contributed by atoms with E-state index in [1.165, 1.54) is 11.9 Å². The van der Waals surface area contributed by atoms with Gasteiger partial charge in [0.25, 0.3) is 5.91 Å². The van der Waals surface area contributed by atoms with Crippen LogP contribution in [-0.4, -0.2) is 5.91 Å². The number of nitriles is 1. The Bertz CT molecular complexity index is 885. The SMILES string of the molecule is N#Cc1ccc(NC(=O)c2ccc(NSc3ccccc3)cc2)cc1. The van der Waals surface area contributed by atoms with Crippen molar-refractivity contribution in [3.05, 3.63) is 90.0 Å². The minimum absolute atomic E-state index is 0.188. The van der Waals surface area contributed by atoms with E-state index in [9.17, 15) is 4.79 Å². The summed E-state index contributed by atoms with van der Waals surface area (Å²) >= 11 is 1.52. The summed E-state index contributed by atoms with van der Waals surface area (Å²) in [5.74, 6) is -0.188. The molecule has 0 spiro atoms. The lowest BCUT2D eigenvalue weighted by Crippen LogP contribution is -2.11. The monoisotopic (exact) mass is 345 g/mol. The Kier molecular flexibility index (Phi) is 5.35. The van der Waals surface area contributed by atoms with Crippen LogP contribution in [0.1, 0.15) is 15.9 Å². The van der Waals surface area contributed by atoms with Gasteiger partial charge in [-0.3, -0.25) is 4.79 Å². The molecule has 0 aliphatic heterocycles. The first-order chi connectivity index (χ1) is 12.2. The predicted molar refractivity (Wildman–Crippen MR) is 101 cm³/mol. The van der Waals surface area contributed by atoms with Gasteiger partial charge in [0, 0.05) is 21.8 Å². The first-order valence-electron chi connectivity index (χ1n) is 7.64. The van der Waals surface area contributed by atoms with Crippen LogP contribution in [0.2, 0.25) is 0 Å². The Morgan fingerprint density at radius 2 is 1.48 bits per heavy atom. The van der Waals surface area contributed by atoms with E-state index in [1.54, 1.807) is 36.4 Å². The molecule has 0 fully saturated rings. The summed E-state index contributed by atoms with van der Waals surface area (Å²) in [5, 5.41) is 11.6. The molecular formula is C20H15N3OS. The molecule has 0 aliphatic rings. The predicted octanol–water partition coefficient (Wildman–Crippen LogP) is 4.93. The average Bonchev–Trinajstić information content (AvgIpc) is 2.68. The van der Waals surface area contributed by atoms with Gasteiger partial charge < -0.3 is 10.0 Å². The highest BCUT2D eigenvalue weighted by Gasteiger charge is 2.06. The number of nitrogens with zero attached hydrogens (tertiary/aromatic N) is 1. The molecule has 0 saturated heterocycles. The summed E-state index contributed by atoms with van der Waals surface area (Å²) in [6.07, 6.45) is 0. The lowest BCUT2D eigenvalue weighted by Gasteiger charge is -2.08. The molecule has 0 aromatic heterocycles. The van der Waals surface area contributed by atoms with E-state index >= 15 is 0 Å². The molecule has 1 amide bonds. The molecule has 5 heteroatoms. The number of benzene rings is 3. The number of anilines is 2. The van der Waals surface area contributed by atoms with Gasteiger partial charge in [-0.2, -0.15) is 5.26 Å². The molecule has 2 N–H and O–H groups in total. The third-order valence-electron chi connectivity index (χ3n) is 3.45. The van der Waals surface area contributed by atoms with Crippen LogP contribution >= 0.6 is 11.9 Å². The zero-order chi connectivity index (χ0) is 17.5. The van der Waals surface area contributed by atoms with Gasteiger partial charge in [0.05, 0.1) is 11.6 Å². The van der Waals surface area contributed by atoms with Gasteiger partial charge in [-0.15, -0.1) is 0 Å².